The van der Waals surface area contributed by atoms with Crippen molar-refractivity contribution in [1.82, 2.24) is 20.4 Å². The number of carbonyl (C=O) groups is 1. The van der Waals surface area contributed by atoms with Gasteiger partial charge in [-0.25, -0.2) is 19.3 Å². The zero-order valence-electron chi connectivity index (χ0n) is 18.7. The molecule has 0 aliphatic carbocycles. The molecule has 0 fully saturated rings. The summed E-state index contributed by atoms with van der Waals surface area (Å²) in [6.07, 6.45) is 0.955. The van der Waals surface area contributed by atoms with Gasteiger partial charge < -0.3 is 4.90 Å². The van der Waals surface area contributed by atoms with Crippen LogP contribution in [-0.4, -0.2) is 41.1 Å². The SMILES string of the molecule is CN(C)C(=O)NC1=Nc2cc(-c3cc(Cc4n[nH]c(=O)c5ccccc45)ccc3F)ccc2C1. The molecule has 0 saturated heterocycles. The summed E-state index contributed by atoms with van der Waals surface area (Å²) in [4.78, 5) is 30.0. The van der Waals surface area contributed by atoms with Crippen molar-refractivity contribution in [2.45, 2.75) is 12.8 Å². The fourth-order valence-electron chi connectivity index (χ4n) is 4.06. The largest absolute Gasteiger partial charge is 0.331 e. The lowest BCUT2D eigenvalue weighted by atomic mass is 9.97. The third-order valence-corrected chi connectivity index (χ3v) is 5.84. The van der Waals surface area contributed by atoms with Gasteiger partial charge in [-0.3, -0.25) is 10.1 Å². The molecule has 0 atom stereocenters. The van der Waals surface area contributed by atoms with Gasteiger partial charge in [0.15, 0.2) is 0 Å². The quantitative estimate of drug-likeness (QED) is 0.486. The number of aromatic amines is 1. The minimum absolute atomic E-state index is 0.237. The highest BCUT2D eigenvalue weighted by molar-refractivity contribution is 6.02. The third kappa shape index (κ3) is 4.05. The lowest BCUT2D eigenvalue weighted by Crippen LogP contribution is -2.38. The van der Waals surface area contributed by atoms with Crippen molar-refractivity contribution in [3.63, 3.8) is 0 Å². The smallest absolute Gasteiger partial charge is 0.322 e. The summed E-state index contributed by atoms with van der Waals surface area (Å²) in [5.41, 5.74) is 4.18. The van der Waals surface area contributed by atoms with Crippen LogP contribution in [0.25, 0.3) is 21.9 Å². The van der Waals surface area contributed by atoms with Crippen molar-refractivity contribution < 1.29 is 9.18 Å². The number of hydrogen-bond donors (Lipinski definition) is 2. The van der Waals surface area contributed by atoms with E-state index in [1.165, 1.54) is 11.0 Å². The molecule has 0 spiro atoms. The second-order valence-corrected chi connectivity index (χ2v) is 8.44. The van der Waals surface area contributed by atoms with Gasteiger partial charge in [-0.05, 0) is 41.0 Å². The number of nitrogens with zero attached hydrogens (tertiary/aromatic N) is 3. The monoisotopic (exact) mass is 455 g/mol. The fraction of sp³-hybridized carbons (Fsp3) is 0.154. The number of aromatic nitrogens is 2. The maximum atomic E-state index is 14.8. The number of hydrogen-bond acceptors (Lipinski definition) is 4. The first-order valence-electron chi connectivity index (χ1n) is 10.8. The van der Waals surface area contributed by atoms with Crippen LogP contribution in [0.3, 0.4) is 0 Å². The van der Waals surface area contributed by atoms with Crippen molar-refractivity contribution in [1.29, 1.82) is 0 Å². The minimum Gasteiger partial charge on any atom is -0.331 e. The molecule has 1 aliphatic rings. The molecule has 5 rings (SSSR count). The first-order valence-corrected chi connectivity index (χ1v) is 10.8. The number of carbonyl (C=O) groups excluding carboxylic acids is 1. The van der Waals surface area contributed by atoms with Crippen molar-refractivity contribution in [3.05, 3.63) is 93.7 Å². The van der Waals surface area contributed by atoms with Crippen molar-refractivity contribution in [2.24, 2.45) is 4.99 Å². The minimum atomic E-state index is -0.342. The van der Waals surface area contributed by atoms with Crippen LogP contribution < -0.4 is 10.9 Å². The van der Waals surface area contributed by atoms with E-state index in [-0.39, 0.29) is 17.4 Å². The van der Waals surface area contributed by atoms with Gasteiger partial charge in [-0.1, -0.05) is 36.4 Å². The predicted octanol–water partition coefficient (Wildman–Crippen LogP) is 4.18. The van der Waals surface area contributed by atoms with Crippen LogP contribution in [0.1, 0.15) is 16.8 Å². The van der Waals surface area contributed by atoms with Gasteiger partial charge in [-0.2, -0.15) is 5.10 Å². The first-order chi connectivity index (χ1) is 16.4. The Balaban J connectivity index is 1.46. The molecule has 0 radical (unpaired) electrons. The fourth-order valence-corrected chi connectivity index (χ4v) is 4.06. The van der Waals surface area contributed by atoms with E-state index in [1.54, 1.807) is 32.3 Å². The molecule has 2 heterocycles. The van der Waals surface area contributed by atoms with E-state index in [4.69, 9.17) is 0 Å². The number of halogens is 1. The van der Waals surface area contributed by atoms with Gasteiger partial charge in [0.25, 0.3) is 5.56 Å². The molecule has 1 aliphatic heterocycles. The van der Waals surface area contributed by atoms with E-state index in [9.17, 15) is 14.0 Å². The number of benzene rings is 3. The zero-order chi connectivity index (χ0) is 23.8. The Morgan fingerprint density at radius 3 is 2.68 bits per heavy atom. The Morgan fingerprint density at radius 2 is 1.88 bits per heavy atom. The Labute approximate surface area is 195 Å². The van der Waals surface area contributed by atoms with Crippen LogP contribution in [-0.2, 0) is 12.8 Å². The van der Waals surface area contributed by atoms with Crippen LogP contribution in [0.2, 0.25) is 0 Å². The highest BCUT2D eigenvalue weighted by atomic mass is 19.1. The number of nitrogens with one attached hydrogen (secondary N) is 2. The molecule has 4 aromatic rings. The normalized spacial score (nSPS) is 12.4. The summed E-state index contributed by atoms with van der Waals surface area (Å²) in [7, 11) is 3.33. The summed E-state index contributed by atoms with van der Waals surface area (Å²) in [5.74, 6) is 0.224. The molecule has 1 aromatic heterocycles. The lowest BCUT2D eigenvalue weighted by Gasteiger charge is -2.11. The Kier molecular flexibility index (Phi) is 5.41. The number of amidine groups is 1. The molecule has 8 heteroatoms. The number of rotatable bonds is 3. The molecule has 3 aromatic carbocycles. The second-order valence-electron chi connectivity index (χ2n) is 8.44. The number of H-pyrrole nitrogens is 1. The Morgan fingerprint density at radius 1 is 1.09 bits per heavy atom. The molecule has 0 unspecified atom stereocenters. The maximum absolute atomic E-state index is 14.8. The number of urea groups is 1. The lowest BCUT2D eigenvalue weighted by molar-refractivity contribution is 0.222. The van der Waals surface area contributed by atoms with Crippen LogP contribution >= 0.6 is 0 Å². The second kappa shape index (κ2) is 8.55. The Bertz CT molecular complexity index is 1520. The standard InChI is InChI=1S/C26H22FN5O2/c1-32(2)26(34)29-24-14-17-9-8-16(13-22(17)28-24)20-11-15(7-10-21(20)27)12-23-18-5-3-4-6-19(18)25(33)31-30-23/h3-11,13H,12,14H2,1-2H3,(H,31,33)(H,28,29,34). The van der Waals surface area contributed by atoms with E-state index >= 15 is 0 Å². The predicted molar refractivity (Wildman–Crippen MR) is 130 cm³/mol. The summed E-state index contributed by atoms with van der Waals surface area (Å²) < 4.78 is 14.8. The molecular formula is C26H22FN5O2. The van der Waals surface area contributed by atoms with Gasteiger partial charge in [0, 0.05) is 37.9 Å². The number of fused-ring (bicyclic) bond motifs is 2. The van der Waals surface area contributed by atoms with Crippen molar-refractivity contribution in [2.75, 3.05) is 14.1 Å². The molecule has 170 valence electrons. The van der Waals surface area contributed by atoms with Crippen LogP contribution in [0.15, 0.2) is 70.5 Å². The van der Waals surface area contributed by atoms with Crippen molar-refractivity contribution >= 4 is 28.3 Å². The maximum Gasteiger partial charge on any atom is 0.322 e. The van der Waals surface area contributed by atoms with Gasteiger partial charge in [0.1, 0.15) is 11.7 Å². The molecule has 34 heavy (non-hydrogen) atoms. The van der Waals surface area contributed by atoms with Crippen LogP contribution in [0.5, 0.6) is 0 Å². The molecule has 7 nitrogen and oxygen atoms in total. The highest BCUT2D eigenvalue weighted by Crippen LogP contribution is 2.33. The van der Waals surface area contributed by atoms with E-state index in [0.29, 0.717) is 46.6 Å². The van der Waals surface area contributed by atoms with E-state index in [2.05, 4.69) is 20.5 Å². The van der Waals surface area contributed by atoms with E-state index in [1.807, 2.05) is 36.4 Å². The molecule has 2 N–H and O–H groups in total. The third-order valence-electron chi connectivity index (χ3n) is 5.84. The molecule has 2 amide bonds. The van der Waals surface area contributed by atoms with Crippen molar-refractivity contribution in [3.8, 4) is 11.1 Å². The molecule has 0 saturated carbocycles. The molecule has 0 bridgehead atoms. The summed E-state index contributed by atoms with van der Waals surface area (Å²) in [6.45, 7) is 0. The van der Waals surface area contributed by atoms with Crippen LogP contribution in [0.4, 0.5) is 14.9 Å². The van der Waals surface area contributed by atoms with Gasteiger partial charge in [-0.15, -0.1) is 0 Å². The zero-order valence-corrected chi connectivity index (χ0v) is 18.7. The van der Waals surface area contributed by atoms with Gasteiger partial charge >= 0.3 is 6.03 Å². The summed E-state index contributed by atoms with van der Waals surface area (Å²) in [6, 6.07) is 17.6. The average molecular weight is 455 g/mol. The first kappa shape index (κ1) is 21.5. The van der Waals surface area contributed by atoms with Crippen LogP contribution in [0, 0.1) is 5.82 Å². The highest BCUT2D eigenvalue weighted by Gasteiger charge is 2.19. The van der Waals surface area contributed by atoms with E-state index in [0.717, 1.165) is 16.5 Å². The average Bonchev–Trinajstić information content (AvgIpc) is 3.23. The number of aliphatic imine (C=N–C) groups is 1. The summed E-state index contributed by atoms with van der Waals surface area (Å²) >= 11 is 0. The summed E-state index contributed by atoms with van der Waals surface area (Å²) in [5, 5.41) is 10.9. The number of amides is 2. The molecular weight excluding hydrogens is 433 g/mol. The Hall–Kier alpha value is -4.33. The van der Waals surface area contributed by atoms with Gasteiger partial charge in [0.2, 0.25) is 0 Å². The van der Waals surface area contributed by atoms with Gasteiger partial charge in [0.05, 0.1) is 16.8 Å². The topological polar surface area (TPSA) is 90.4 Å². The van der Waals surface area contributed by atoms with E-state index < -0.39 is 0 Å².